The Morgan fingerprint density at radius 3 is 2.64 bits per heavy atom. The number of nitrogens with zero attached hydrogens (tertiary/aromatic N) is 2. The largest absolute Gasteiger partial charge is 0.467 e. The first-order valence-electron chi connectivity index (χ1n) is 8.73. The van der Waals surface area contributed by atoms with Crippen molar-refractivity contribution < 1.29 is 9.21 Å². The van der Waals surface area contributed by atoms with Gasteiger partial charge in [-0.15, -0.1) is 0 Å². The van der Waals surface area contributed by atoms with Gasteiger partial charge in [0.1, 0.15) is 5.76 Å². The summed E-state index contributed by atoms with van der Waals surface area (Å²) in [6.45, 7) is 2.79. The molecule has 122 valence electrons. The van der Waals surface area contributed by atoms with Gasteiger partial charge in [-0.2, -0.15) is 0 Å². The van der Waals surface area contributed by atoms with E-state index in [1.54, 1.807) is 6.26 Å². The smallest absolute Gasteiger partial charge is 0.223 e. The number of carbonyl (C=O) groups is 1. The van der Waals surface area contributed by atoms with Crippen molar-refractivity contribution in [2.45, 2.75) is 57.5 Å². The standard InChI is InChI=1S/C18H28N2O2/c1-19-10-8-16(9-11-19)20(14-17-7-4-12-22-17)18(21)13-15-5-2-3-6-15/h4,7,12,15-16H,2-3,5-6,8-11,13-14H2,1H3. The zero-order valence-corrected chi connectivity index (χ0v) is 13.7. The van der Waals surface area contributed by atoms with E-state index in [1.807, 2.05) is 12.1 Å². The van der Waals surface area contributed by atoms with Crippen LogP contribution in [0, 0.1) is 5.92 Å². The van der Waals surface area contributed by atoms with E-state index < -0.39 is 0 Å². The van der Waals surface area contributed by atoms with Crippen LogP contribution in [0.25, 0.3) is 0 Å². The minimum absolute atomic E-state index is 0.331. The molecule has 1 saturated carbocycles. The van der Waals surface area contributed by atoms with Crippen LogP contribution in [-0.4, -0.2) is 41.9 Å². The Morgan fingerprint density at radius 2 is 2.00 bits per heavy atom. The van der Waals surface area contributed by atoms with Crippen LogP contribution in [0.2, 0.25) is 0 Å². The average molecular weight is 304 g/mol. The Kier molecular flexibility index (Phi) is 5.19. The molecule has 4 heteroatoms. The van der Waals surface area contributed by atoms with Gasteiger partial charge in [0, 0.05) is 12.5 Å². The number of hydrogen-bond acceptors (Lipinski definition) is 3. The zero-order valence-electron chi connectivity index (χ0n) is 13.7. The number of piperidine rings is 1. The van der Waals surface area contributed by atoms with Crippen LogP contribution < -0.4 is 0 Å². The summed E-state index contributed by atoms with van der Waals surface area (Å²) in [5, 5.41) is 0. The molecule has 0 spiro atoms. The molecule has 22 heavy (non-hydrogen) atoms. The number of hydrogen-bond donors (Lipinski definition) is 0. The summed E-state index contributed by atoms with van der Waals surface area (Å²) in [4.78, 5) is 17.3. The lowest BCUT2D eigenvalue weighted by atomic mass is 9.99. The van der Waals surface area contributed by atoms with Crippen LogP contribution in [-0.2, 0) is 11.3 Å². The van der Waals surface area contributed by atoms with Gasteiger partial charge in [0.05, 0.1) is 12.8 Å². The fourth-order valence-electron chi connectivity index (χ4n) is 3.88. The summed E-state index contributed by atoms with van der Waals surface area (Å²) < 4.78 is 5.49. The molecule has 1 saturated heterocycles. The van der Waals surface area contributed by atoms with Crippen LogP contribution in [0.3, 0.4) is 0 Å². The van der Waals surface area contributed by atoms with Gasteiger partial charge < -0.3 is 14.2 Å². The molecule has 1 aromatic rings. The maximum atomic E-state index is 12.9. The number of carbonyl (C=O) groups excluding carboxylic acids is 1. The summed E-state index contributed by atoms with van der Waals surface area (Å²) in [6, 6.07) is 4.25. The van der Waals surface area contributed by atoms with Gasteiger partial charge in [-0.25, -0.2) is 0 Å². The van der Waals surface area contributed by atoms with Crippen LogP contribution in [0.15, 0.2) is 22.8 Å². The lowest BCUT2D eigenvalue weighted by Gasteiger charge is -2.37. The molecule has 1 aromatic heterocycles. The topological polar surface area (TPSA) is 36.7 Å². The third-order valence-electron chi connectivity index (χ3n) is 5.29. The van der Waals surface area contributed by atoms with E-state index >= 15 is 0 Å². The molecule has 2 aliphatic rings. The van der Waals surface area contributed by atoms with Gasteiger partial charge in [-0.1, -0.05) is 12.8 Å². The SMILES string of the molecule is CN1CCC(N(Cc2ccco2)C(=O)CC2CCCC2)CC1. The van der Waals surface area contributed by atoms with E-state index in [9.17, 15) is 4.79 Å². The number of rotatable bonds is 5. The Hall–Kier alpha value is -1.29. The third-order valence-corrected chi connectivity index (χ3v) is 5.29. The van der Waals surface area contributed by atoms with Gasteiger partial charge in [-0.05, 0) is 63.9 Å². The maximum absolute atomic E-state index is 12.9. The molecule has 0 N–H and O–H groups in total. The van der Waals surface area contributed by atoms with E-state index in [2.05, 4.69) is 16.8 Å². The molecule has 0 atom stereocenters. The van der Waals surface area contributed by atoms with E-state index in [1.165, 1.54) is 25.7 Å². The lowest BCUT2D eigenvalue weighted by Crippen LogP contribution is -2.46. The van der Waals surface area contributed by atoms with E-state index in [0.717, 1.165) is 38.1 Å². The summed E-state index contributed by atoms with van der Waals surface area (Å²) >= 11 is 0. The van der Waals surface area contributed by atoms with Crippen molar-refractivity contribution in [2.75, 3.05) is 20.1 Å². The first-order chi connectivity index (χ1) is 10.7. The fourth-order valence-corrected chi connectivity index (χ4v) is 3.88. The van der Waals surface area contributed by atoms with Gasteiger partial charge in [-0.3, -0.25) is 4.79 Å². The van der Waals surface area contributed by atoms with E-state index in [4.69, 9.17) is 4.42 Å². The molecular formula is C18H28N2O2. The van der Waals surface area contributed by atoms with Crippen molar-refractivity contribution in [2.24, 2.45) is 5.92 Å². The maximum Gasteiger partial charge on any atom is 0.223 e. The molecular weight excluding hydrogens is 276 g/mol. The molecule has 1 aliphatic heterocycles. The van der Waals surface area contributed by atoms with Gasteiger partial charge >= 0.3 is 0 Å². The first kappa shape index (κ1) is 15.6. The second-order valence-corrected chi connectivity index (χ2v) is 6.99. The van der Waals surface area contributed by atoms with Crippen molar-refractivity contribution in [1.82, 2.24) is 9.80 Å². The van der Waals surface area contributed by atoms with Crippen molar-refractivity contribution in [3.05, 3.63) is 24.2 Å². The van der Waals surface area contributed by atoms with Crippen molar-refractivity contribution >= 4 is 5.91 Å². The van der Waals surface area contributed by atoms with E-state index in [0.29, 0.717) is 24.4 Å². The van der Waals surface area contributed by atoms with Crippen LogP contribution in [0.1, 0.15) is 50.7 Å². The lowest BCUT2D eigenvalue weighted by molar-refractivity contribution is -0.136. The monoisotopic (exact) mass is 304 g/mol. The summed E-state index contributed by atoms with van der Waals surface area (Å²) in [5.74, 6) is 1.84. The minimum atomic E-state index is 0.331. The highest BCUT2D eigenvalue weighted by Gasteiger charge is 2.29. The summed E-state index contributed by atoms with van der Waals surface area (Å²) in [5.41, 5.74) is 0. The molecule has 2 heterocycles. The molecule has 1 amide bonds. The highest BCUT2D eigenvalue weighted by Crippen LogP contribution is 2.29. The molecule has 0 aromatic carbocycles. The first-order valence-corrected chi connectivity index (χ1v) is 8.73. The minimum Gasteiger partial charge on any atom is -0.467 e. The Bertz CT molecular complexity index is 457. The molecule has 3 rings (SSSR count). The highest BCUT2D eigenvalue weighted by molar-refractivity contribution is 5.76. The zero-order chi connectivity index (χ0) is 15.4. The van der Waals surface area contributed by atoms with Gasteiger partial charge in [0.25, 0.3) is 0 Å². The molecule has 0 unspecified atom stereocenters. The summed E-state index contributed by atoms with van der Waals surface area (Å²) in [6.07, 6.45) is 9.63. The predicted octanol–water partition coefficient (Wildman–Crippen LogP) is 3.28. The van der Waals surface area contributed by atoms with Crippen LogP contribution >= 0.6 is 0 Å². The number of furan rings is 1. The normalized spacial score (nSPS) is 21.3. The second-order valence-electron chi connectivity index (χ2n) is 6.99. The van der Waals surface area contributed by atoms with Crippen molar-refractivity contribution in [1.29, 1.82) is 0 Å². The molecule has 0 bridgehead atoms. The van der Waals surface area contributed by atoms with Gasteiger partial charge in [0.15, 0.2) is 0 Å². The fraction of sp³-hybridized carbons (Fsp3) is 0.722. The quantitative estimate of drug-likeness (QED) is 0.837. The Labute approximate surface area is 133 Å². The average Bonchev–Trinajstić information content (AvgIpc) is 3.19. The molecule has 2 fully saturated rings. The highest BCUT2D eigenvalue weighted by atomic mass is 16.3. The predicted molar refractivity (Wildman–Crippen MR) is 86.4 cm³/mol. The van der Waals surface area contributed by atoms with Crippen molar-refractivity contribution in [3.8, 4) is 0 Å². The molecule has 4 nitrogen and oxygen atoms in total. The Balaban J connectivity index is 1.65. The van der Waals surface area contributed by atoms with Crippen molar-refractivity contribution in [3.63, 3.8) is 0 Å². The third kappa shape index (κ3) is 3.92. The molecule has 1 aliphatic carbocycles. The second kappa shape index (κ2) is 7.32. The van der Waals surface area contributed by atoms with Crippen LogP contribution in [0.5, 0.6) is 0 Å². The van der Waals surface area contributed by atoms with E-state index in [-0.39, 0.29) is 0 Å². The number of amides is 1. The summed E-state index contributed by atoms with van der Waals surface area (Å²) in [7, 11) is 2.16. The number of likely N-dealkylation sites (tertiary alicyclic amines) is 1. The van der Waals surface area contributed by atoms with Crippen LogP contribution in [0.4, 0.5) is 0 Å². The van der Waals surface area contributed by atoms with Gasteiger partial charge in [0.2, 0.25) is 5.91 Å². The molecule has 0 radical (unpaired) electrons. The Morgan fingerprint density at radius 1 is 1.27 bits per heavy atom.